The normalized spacial score (nSPS) is 19.0. The highest BCUT2D eigenvalue weighted by Crippen LogP contribution is 2.28. The molecular weight excluding hydrogens is 244 g/mol. The van der Waals surface area contributed by atoms with Crippen molar-refractivity contribution in [3.05, 3.63) is 6.33 Å². The van der Waals surface area contributed by atoms with Gasteiger partial charge in [-0.2, -0.15) is 4.98 Å². The zero-order valence-corrected chi connectivity index (χ0v) is 10.3. The number of methoxy groups -OCH3 is 1. The minimum absolute atomic E-state index is 0.124. The van der Waals surface area contributed by atoms with Gasteiger partial charge in [-0.3, -0.25) is 0 Å². The van der Waals surface area contributed by atoms with E-state index in [0.29, 0.717) is 30.5 Å². The van der Waals surface area contributed by atoms with Crippen LogP contribution in [0.4, 0.5) is 11.5 Å². The largest absolute Gasteiger partial charge is 0.479 e. The van der Waals surface area contributed by atoms with Gasteiger partial charge in [-0.1, -0.05) is 0 Å². The molecule has 0 spiro atoms. The van der Waals surface area contributed by atoms with E-state index in [4.69, 9.17) is 10.5 Å². The first kappa shape index (κ1) is 11.9. The minimum Gasteiger partial charge on any atom is -0.479 e. The smallest absolute Gasteiger partial charge is 0.242 e. The van der Waals surface area contributed by atoms with Gasteiger partial charge in [0.1, 0.15) is 12.0 Å². The fourth-order valence-electron chi connectivity index (χ4n) is 1.71. The first-order valence-electron chi connectivity index (χ1n) is 5.13. The van der Waals surface area contributed by atoms with Gasteiger partial charge in [-0.05, 0) is 0 Å². The molecule has 17 heavy (non-hydrogen) atoms. The Morgan fingerprint density at radius 3 is 2.59 bits per heavy atom. The second-order valence-corrected chi connectivity index (χ2v) is 6.06. The van der Waals surface area contributed by atoms with Crippen LogP contribution in [0.3, 0.4) is 0 Å². The van der Waals surface area contributed by atoms with Gasteiger partial charge in [-0.15, -0.1) is 0 Å². The van der Waals surface area contributed by atoms with E-state index in [1.165, 1.54) is 13.4 Å². The van der Waals surface area contributed by atoms with Gasteiger partial charge in [0.15, 0.2) is 15.7 Å². The van der Waals surface area contributed by atoms with Crippen LogP contribution in [0, 0.1) is 0 Å². The lowest BCUT2D eigenvalue weighted by molar-refractivity contribution is 0.399. The Hall–Kier alpha value is -1.57. The number of hydrogen-bond donors (Lipinski definition) is 1. The van der Waals surface area contributed by atoms with Crippen LogP contribution in [0.1, 0.15) is 0 Å². The van der Waals surface area contributed by atoms with E-state index >= 15 is 0 Å². The van der Waals surface area contributed by atoms with Crippen molar-refractivity contribution >= 4 is 21.3 Å². The number of nitrogens with zero attached hydrogens (tertiary/aromatic N) is 3. The third-order valence-electron chi connectivity index (χ3n) is 2.66. The van der Waals surface area contributed by atoms with E-state index in [2.05, 4.69) is 9.97 Å². The van der Waals surface area contributed by atoms with Gasteiger partial charge in [0.05, 0.1) is 18.6 Å². The summed E-state index contributed by atoms with van der Waals surface area (Å²) in [6, 6.07) is 0. The third-order valence-corrected chi connectivity index (χ3v) is 4.27. The lowest BCUT2D eigenvalue weighted by atomic mass is 10.4. The van der Waals surface area contributed by atoms with E-state index in [-0.39, 0.29) is 11.5 Å². The lowest BCUT2D eigenvalue weighted by Gasteiger charge is -2.28. The van der Waals surface area contributed by atoms with Crippen molar-refractivity contribution in [2.45, 2.75) is 0 Å². The molecular formula is C9H14N4O3S. The highest BCUT2D eigenvalue weighted by Gasteiger charge is 2.24. The molecule has 0 aliphatic carbocycles. The van der Waals surface area contributed by atoms with Crippen molar-refractivity contribution in [3.8, 4) is 5.88 Å². The summed E-state index contributed by atoms with van der Waals surface area (Å²) in [5.74, 6) is 1.09. The summed E-state index contributed by atoms with van der Waals surface area (Å²) in [7, 11) is -1.43. The summed E-state index contributed by atoms with van der Waals surface area (Å²) >= 11 is 0. The summed E-state index contributed by atoms with van der Waals surface area (Å²) in [6.45, 7) is 0.791. The molecule has 1 aliphatic rings. The van der Waals surface area contributed by atoms with Crippen LogP contribution < -0.4 is 15.4 Å². The molecule has 0 atom stereocenters. The van der Waals surface area contributed by atoms with Gasteiger partial charge in [0.25, 0.3) is 0 Å². The van der Waals surface area contributed by atoms with Crippen molar-refractivity contribution < 1.29 is 13.2 Å². The molecule has 2 N–H and O–H groups in total. The summed E-state index contributed by atoms with van der Waals surface area (Å²) in [4.78, 5) is 9.78. The molecule has 1 aromatic rings. The number of nitrogen functional groups attached to an aromatic ring is 1. The molecule has 0 amide bonds. The Morgan fingerprint density at radius 1 is 1.35 bits per heavy atom. The van der Waals surface area contributed by atoms with Crippen molar-refractivity contribution in [1.29, 1.82) is 0 Å². The van der Waals surface area contributed by atoms with Crippen molar-refractivity contribution in [2.75, 3.05) is 42.3 Å². The summed E-state index contributed by atoms with van der Waals surface area (Å²) in [5.41, 5.74) is 6.19. The monoisotopic (exact) mass is 258 g/mol. The molecule has 1 fully saturated rings. The Morgan fingerprint density at radius 2 is 2.00 bits per heavy atom. The molecule has 0 unspecified atom stereocenters. The average Bonchev–Trinajstić information content (AvgIpc) is 2.30. The van der Waals surface area contributed by atoms with Gasteiger partial charge < -0.3 is 15.4 Å². The van der Waals surface area contributed by atoms with E-state index in [1.54, 1.807) is 0 Å². The molecule has 0 bridgehead atoms. The summed E-state index contributed by atoms with van der Waals surface area (Å²) in [5, 5.41) is 0. The lowest BCUT2D eigenvalue weighted by Crippen LogP contribution is -2.41. The number of ether oxygens (including phenoxy) is 1. The molecule has 1 aromatic heterocycles. The molecule has 0 radical (unpaired) electrons. The molecule has 7 nitrogen and oxygen atoms in total. The van der Waals surface area contributed by atoms with Crippen LogP contribution >= 0.6 is 0 Å². The second-order valence-electron chi connectivity index (χ2n) is 3.76. The Labute approximate surface area is 99.5 Å². The standard InChI is InChI=1S/C9H14N4O3S/c1-16-9-7(10)8(11-6-12-9)13-2-4-17(14,15)5-3-13/h6H,2-5,10H2,1H3. The zero-order chi connectivity index (χ0) is 12.5. The van der Waals surface area contributed by atoms with E-state index in [0.717, 1.165) is 0 Å². The van der Waals surface area contributed by atoms with Gasteiger partial charge in [0.2, 0.25) is 5.88 Å². The maximum Gasteiger partial charge on any atom is 0.242 e. The van der Waals surface area contributed by atoms with Crippen LogP contribution in [0.5, 0.6) is 5.88 Å². The first-order valence-corrected chi connectivity index (χ1v) is 6.95. The number of anilines is 2. The molecule has 0 saturated carbocycles. The van der Waals surface area contributed by atoms with Crippen LogP contribution in [0.25, 0.3) is 0 Å². The van der Waals surface area contributed by atoms with E-state index in [1.807, 2.05) is 4.90 Å². The SMILES string of the molecule is COc1ncnc(N2CCS(=O)(=O)CC2)c1N. The molecule has 1 saturated heterocycles. The maximum atomic E-state index is 11.3. The highest BCUT2D eigenvalue weighted by molar-refractivity contribution is 7.91. The quantitative estimate of drug-likeness (QED) is 0.749. The Balaban J connectivity index is 2.24. The molecule has 1 aliphatic heterocycles. The zero-order valence-electron chi connectivity index (χ0n) is 9.46. The molecule has 2 rings (SSSR count). The van der Waals surface area contributed by atoms with Crippen LogP contribution in [-0.4, -0.2) is 50.1 Å². The fourth-order valence-corrected chi connectivity index (χ4v) is 2.91. The fraction of sp³-hybridized carbons (Fsp3) is 0.556. The second kappa shape index (κ2) is 4.36. The third kappa shape index (κ3) is 2.41. The van der Waals surface area contributed by atoms with Gasteiger partial charge in [-0.25, -0.2) is 13.4 Å². The minimum atomic E-state index is -2.91. The maximum absolute atomic E-state index is 11.3. The number of hydrogen-bond acceptors (Lipinski definition) is 7. The predicted octanol–water partition coefficient (Wildman–Crippen LogP) is -0.698. The predicted molar refractivity (Wildman–Crippen MR) is 63.9 cm³/mol. The van der Waals surface area contributed by atoms with Crippen molar-refractivity contribution in [1.82, 2.24) is 9.97 Å². The molecule has 0 aromatic carbocycles. The van der Waals surface area contributed by atoms with E-state index in [9.17, 15) is 8.42 Å². The molecule has 2 heterocycles. The Bertz CT molecular complexity index is 503. The van der Waals surface area contributed by atoms with Gasteiger partial charge >= 0.3 is 0 Å². The number of rotatable bonds is 2. The van der Waals surface area contributed by atoms with Crippen LogP contribution in [-0.2, 0) is 9.84 Å². The van der Waals surface area contributed by atoms with Crippen molar-refractivity contribution in [3.63, 3.8) is 0 Å². The number of aromatic nitrogens is 2. The number of nitrogens with two attached hydrogens (primary N) is 1. The highest BCUT2D eigenvalue weighted by atomic mass is 32.2. The van der Waals surface area contributed by atoms with Crippen molar-refractivity contribution in [2.24, 2.45) is 0 Å². The van der Waals surface area contributed by atoms with Crippen LogP contribution in [0.15, 0.2) is 6.33 Å². The van der Waals surface area contributed by atoms with Crippen LogP contribution in [0.2, 0.25) is 0 Å². The molecule has 8 heteroatoms. The molecule has 94 valence electrons. The first-order chi connectivity index (χ1) is 8.03. The number of sulfone groups is 1. The van der Waals surface area contributed by atoms with E-state index < -0.39 is 9.84 Å². The summed E-state index contributed by atoms with van der Waals surface area (Å²) < 4.78 is 27.6. The topological polar surface area (TPSA) is 98.4 Å². The summed E-state index contributed by atoms with van der Waals surface area (Å²) in [6.07, 6.45) is 1.35. The Kier molecular flexibility index (Phi) is 3.05. The average molecular weight is 258 g/mol. The van der Waals surface area contributed by atoms with Gasteiger partial charge in [0, 0.05) is 13.1 Å².